The van der Waals surface area contributed by atoms with Gasteiger partial charge in [-0.05, 0) is 6.07 Å². The van der Waals surface area contributed by atoms with Crippen molar-refractivity contribution in [2.24, 2.45) is 0 Å². The Hall–Kier alpha value is 0.890. The summed E-state index contributed by atoms with van der Waals surface area (Å²) < 4.78 is 50.8. The molecule has 19 nitrogen and oxygen atoms in total. The molecular formula is C9H18N3Na2O16P3. The second-order valence-electron chi connectivity index (χ2n) is 5.43. The Balaban J connectivity index is -0.00000225. The van der Waals surface area contributed by atoms with Crippen molar-refractivity contribution >= 4 is 29.3 Å². The molecule has 1 aliphatic heterocycles. The largest absolute Gasteiger partial charge is 1.00 e. The standard InChI is InChI=1S/C9H16N3O14P3.2Na.2H2O/c10-5-1-2-12(9(15)11-5)8-7(14)6(13)4(24-8)3-23-29(22,25-27(16,17)18)26-28(19,20)21;;;;/h1-2,4,6-8,13-14H,3H2,(H2,10,11,15)(H2,16,17,18)(H2,19,20,21);;;2*1H2/q;2*+1;;/p-2/t4-,6-,7-,8-;;;;/m1..../s1. The van der Waals surface area contributed by atoms with Gasteiger partial charge in [-0.1, -0.05) is 0 Å². The molecule has 0 radical (unpaired) electrons. The normalized spacial score (nSPS) is 24.3. The first-order chi connectivity index (χ1) is 13.1. The Morgan fingerprint density at radius 3 is 2.12 bits per heavy atom. The van der Waals surface area contributed by atoms with Gasteiger partial charge in [0.1, 0.15) is 24.1 Å². The summed E-state index contributed by atoms with van der Waals surface area (Å²) in [5, 5.41) is 20.0. The van der Waals surface area contributed by atoms with Gasteiger partial charge in [0.2, 0.25) is 0 Å². The predicted octanol–water partition coefficient (Wildman–Crippen LogP) is -11.1. The van der Waals surface area contributed by atoms with E-state index in [1.807, 2.05) is 0 Å². The van der Waals surface area contributed by atoms with Gasteiger partial charge >= 0.3 is 80.4 Å². The number of hydrogen-bond acceptors (Lipinski definition) is 14. The summed E-state index contributed by atoms with van der Waals surface area (Å²) in [7, 11) is -17.5. The van der Waals surface area contributed by atoms with Crippen molar-refractivity contribution in [1.82, 2.24) is 9.55 Å². The molecule has 1 fully saturated rings. The average molecular weight is 563 g/mol. The van der Waals surface area contributed by atoms with Gasteiger partial charge in [-0.15, -0.1) is 0 Å². The summed E-state index contributed by atoms with van der Waals surface area (Å²) >= 11 is 0. The summed E-state index contributed by atoms with van der Waals surface area (Å²) in [5.74, 6) is -0.147. The first kappa shape index (κ1) is 38.4. The van der Waals surface area contributed by atoms with Crippen LogP contribution in [0.1, 0.15) is 6.23 Å². The van der Waals surface area contributed by atoms with Crippen LogP contribution in [0.25, 0.3) is 0 Å². The maximum Gasteiger partial charge on any atom is 1.00 e. The molecular weight excluding hydrogens is 545 g/mol. The van der Waals surface area contributed by atoms with E-state index in [-0.39, 0.29) is 75.9 Å². The molecule has 10 N–H and O–H groups in total. The van der Waals surface area contributed by atoms with Crippen molar-refractivity contribution in [2.45, 2.75) is 24.5 Å². The molecule has 1 saturated heterocycles. The Morgan fingerprint density at radius 1 is 1.12 bits per heavy atom. The van der Waals surface area contributed by atoms with E-state index in [4.69, 9.17) is 20.3 Å². The van der Waals surface area contributed by atoms with Crippen LogP contribution >= 0.6 is 23.5 Å². The fourth-order valence-corrected chi connectivity index (χ4v) is 5.31. The number of aliphatic hydroxyl groups is 2. The minimum absolute atomic E-state index is 0. The van der Waals surface area contributed by atoms with E-state index in [9.17, 15) is 38.5 Å². The zero-order valence-electron chi connectivity index (χ0n) is 16.9. The van der Waals surface area contributed by atoms with E-state index in [1.54, 1.807) is 0 Å². The Bertz CT molecular complexity index is 925. The minimum Gasteiger partial charge on any atom is -0.789 e. The molecule has 1 unspecified atom stereocenters. The van der Waals surface area contributed by atoms with E-state index in [2.05, 4.69) is 18.1 Å². The summed E-state index contributed by atoms with van der Waals surface area (Å²) in [4.78, 5) is 53.8. The smallest absolute Gasteiger partial charge is 0.789 e. The first-order valence-corrected chi connectivity index (χ1v) is 11.7. The quantitative estimate of drug-likeness (QED) is 0.145. The molecule has 0 amide bonds. The molecule has 1 aromatic rings. The van der Waals surface area contributed by atoms with Crippen LogP contribution in [0.4, 0.5) is 5.82 Å². The van der Waals surface area contributed by atoms with Gasteiger partial charge in [0.15, 0.2) is 6.23 Å². The third-order valence-electron chi connectivity index (χ3n) is 3.27. The zero-order valence-corrected chi connectivity index (χ0v) is 23.5. The number of rotatable bonds is 8. The molecule has 1 aromatic heterocycles. The first-order valence-electron chi connectivity index (χ1n) is 7.21. The number of nitrogens with two attached hydrogens (primary N) is 1. The second kappa shape index (κ2) is 14.6. The number of hydrogen-bond donors (Lipinski definition) is 5. The molecule has 182 valence electrons. The molecule has 0 saturated carbocycles. The number of phosphoric acid groups is 3. The molecule has 0 bridgehead atoms. The van der Waals surface area contributed by atoms with Crippen LogP contribution in [0.5, 0.6) is 0 Å². The summed E-state index contributed by atoms with van der Waals surface area (Å²) in [6, 6.07) is 1.17. The number of ether oxygens (including phenoxy) is 1. The van der Waals surface area contributed by atoms with Crippen molar-refractivity contribution < 1.29 is 131 Å². The Kier molecular flexibility index (Phi) is 17.0. The van der Waals surface area contributed by atoms with Crippen molar-refractivity contribution in [2.75, 3.05) is 12.3 Å². The van der Waals surface area contributed by atoms with E-state index in [0.717, 1.165) is 10.8 Å². The maximum atomic E-state index is 12.0. The summed E-state index contributed by atoms with van der Waals surface area (Å²) in [6.07, 6.45) is -5.73. The van der Waals surface area contributed by atoms with Crippen LogP contribution < -0.4 is 80.3 Å². The third-order valence-corrected chi connectivity index (χ3v) is 6.98. The fraction of sp³-hybridized carbons (Fsp3) is 0.556. The van der Waals surface area contributed by atoms with Gasteiger partial charge in [-0.3, -0.25) is 13.4 Å². The van der Waals surface area contributed by atoms with E-state index >= 15 is 0 Å². The number of aliphatic hydroxyl groups excluding tert-OH is 2. The van der Waals surface area contributed by atoms with Crippen LogP contribution in [0.3, 0.4) is 0 Å². The topological polar surface area (TPSA) is 339 Å². The zero-order chi connectivity index (χ0) is 22.2. The minimum atomic E-state index is -6.11. The van der Waals surface area contributed by atoms with Crippen LogP contribution in [0.2, 0.25) is 0 Å². The Morgan fingerprint density at radius 2 is 1.67 bits per heavy atom. The van der Waals surface area contributed by atoms with Crippen LogP contribution in [0.15, 0.2) is 17.1 Å². The van der Waals surface area contributed by atoms with Crippen LogP contribution in [-0.4, -0.2) is 65.4 Å². The fourth-order valence-electron chi connectivity index (χ4n) is 2.20. The molecule has 24 heteroatoms. The molecule has 0 aromatic carbocycles. The van der Waals surface area contributed by atoms with Crippen molar-refractivity contribution in [3.05, 3.63) is 22.7 Å². The van der Waals surface area contributed by atoms with Crippen molar-refractivity contribution in [3.63, 3.8) is 0 Å². The number of aromatic nitrogens is 2. The molecule has 2 heterocycles. The molecule has 0 spiro atoms. The van der Waals surface area contributed by atoms with E-state index < -0.39 is 60.3 Å². The van der Waals surface area contributed by atoms with Gasteiger partial charge in [0, 0.05) is 6.20 Å². The van der Waals surface area contributed by atoms with Gasteiger partial charge < -0.3 is 55.8 Å². The summed E-state index contributed by atoms with van der Waals surface area (Å²) in [5.41, 5.74) is 4.35. The molecule has 1 aliphatic rings. The monoisotopic (exact) mass is 563 g/mol. The average Bonchev–Trinajstić information content (AvgIpc) is 2.77. The predicted molar refractivity (Wildman–Crippen MR) is 91.4 cm³/mol. The number of nitrogen functional groups attached to an aromatic ring is 1. The Labute approximate surface area is 228 Å². The molecule has 2 rings (SSSR count). The van der Waals surface area contributed by atoms with Gasteiger partial charge in [0.25, 0.3) is 0 Å². The summed E-state index contributed by atoms with van der Waals surface area (Å²) in [6.45, 7) is -1.15. The number of anilines is 1. The SMILES string of the molecule is Nc1ccn([C@@H]2O[C@H](COP(=O)(OP(=O)([O-])[O-])OP(=O)(O)O)[C@@H](O)[C@H]2O)c(=O)n1.O.O.[Na+].[Na+]. The maximum absolute atomic E-state index is 12.0. The van der Waals surface area contributed by atoms with Crippen molar-refractivity contribution in [3.8, 4) is 0 Å². The van der Waals surface area contributed by atoms with Crippen LogP contribution in [0, 0.1) is 0 Å². The molecule has 0 aliphatic carbocycles. The molecule has 5 atom stereocenters. The van der Waals surface area contributed by atoms with Gasteiger partial charge in [-0.2, -0.15) is 9.29 Å². The van der Waals surface area contributed by atoms with Crippen LogP contribution in [-0.2, 0) is 31.6 Å². The molecule has 33 heavy (non-hydrogen) atoms. The number of nitrogens with zero attached hydrogens (tertiary/aromatic N) is 2. The van der Waals surface area contributed by atoms with E-state index in [0.29, 0.717) is 0 Å². The second-order valence-corrected chi connectivity index (χ2v) is 9.77. The van der Waals surface area contributed by atoms with E-state index in [1.165, 1.54) is 6.07 Å². The van der Waals surface area contributed by atoms with Crippen molar-refractivity contribution in [1.29, 1.82) is 0 Å². The third kappa shape index (κ3) is 11.7. The van der Waals surface area contributed by atoms with Gasteiger partial charge in [-0.25, -0.2) is 13.9 Å². The van der Waals surface area contributed by atoms with Gasteiger partial charge in [0.05, 0.1) is 14.4 Å².